The molecule has 1 aliphatic heterocycles. The van der Waals surface area contributed by atoms with E-state index in [2.05, 4.69) is 10.6 Å². The van der Waals surface area contributed by atoms with Crippen molar-refractivity contribution >= 4 is 47.1 Å². The van der Waals surface area contributed by atoms with Gasteiger partial charge in [0.25, 0.3) is 0 Å². The number of carboxylic acids is 1. The summed E-state index contributed by atoms with van der Waals surface area (Å²) in [7, 11) is 0. The highest BCUT2D eigenvalue weighted by Gasteiger charge is 2.43. The molecule has 1 fully saturated rings. The lowest BCUT2D eigenvalue weighted by molar-refractivity contribution is -0.143. The third-order valence-corrected chi connectivity index (χ3v) is 9.30. The molecule has 3 rings (SSSR count). The quantitative estimate of drug-likeness (QED) is 0.112. The van der Waals surface area contributed by atoms with Crippen LogP contribution in [-0.2, 0) is 49.6 Å². The van der Waals surface area contributed by atoms with Crippen LogP contribution in [0.15, 0.2) is 60.7 Å². The zero-order chi connectivity index (χ0) is 41.2. The molecule has 5 atom stereocenters. The molecule has 0 saturated carbocycles. The monoisotopic (exact) mass is 778 g/mol. The van der Waals surface area contributed by atoms with Gasteiger partial charge in [0.05, 0.1) is 25.4 Å². The molecule has 56 heavy (non-hydrogen) atoms. The maximum atomic E-state index is 14.2. The second-order valence-corrected chi connectivity index (χ2v) is 14.4. The Bertz CT molecular complexity index is 1670. The molecule has 0 spiro atoms. The average Bonchev–Trinajstić information content (AvgIpc) is 3.61. The highest BCUT2D eigenvalue weighted by molar-refractivity contribution is 6.38. The fraction of sp³-hybridized carbons (Fsp3) is 0.512. The number of carboxylic acid groups (broad SMARTS) is 1. The van der Waals surface area contributed by atoms with Gasteiger partial charge in [-0.25, -0.2) is 4.79 Å². The van der Waals surface area contributed by atoms with Gasteiger partial charge in [0.15, 0.2) is 11.6 Å². The fourth-order valence-corrected chi connectivity index (χ4v) is 6.43. The number of aliphatic carboxylic acids is 1. The van der Waals surface area contributed by atoms with E-state index in [1.807, 2.05) is 44.2 Å². The first-order valence-electron chi connectivity index (χ1n) is 19.0. The Morgan fingerprint density at radius 1 is 0.893 bits per heavy atom. The number of carbonyl (C=O) groups excluding carboxylic acids is 7. The number of amides is 4. The van der Waals surface area contributed by atoms with Gasteiger partial charge in [0.1, 0.15) is 12.1 Å². The minimum absolute atomic E-state index is 0.0154. The number of nitrogens with zero attached hydrogens (tertiary/aromatic N) is 1. The maximum Gasteiger partial charge on any atom is 0.407 e. The summed E-state index contributed by atoms with van der Waals surface area (Å²) >= 11 is 0. The third-order valence-electron chi connectivity index (χ3n) is 9.30. The molecular weight excluding hydrogens is 724 g/mol. The maximum absolute atomic E-state index is 14.2. The summed E-state index contributed by atoms with van der Waals surface area (Å²) in [6.07, 6.45) is -2.19. The van der Waals surface area contributed by atoms with Crippen LogP contribution in [0, 0.1) is 11.8 Å². The number of carbonyl (C=O) groups is 8. The van der Waals surface area contributed by atoms with Gasteiger partial charge in [0, 0.05) is 44.6 Å². The van der Waals surface area contributed by atoms with Gasteiger partial charge < -0.3 is 35.8 Å². The van der Waals surface area contributed by atoms with Gasteiger partial charge in [-0.2, -0.15) is 0 Å². The van der Waals surface area contributed by atoms with E-state index in [9.17, 15) is 43.5 Å². The number of likely N-dealkylation sites (tertiary alicyclic amines) is 1. The molecule has 2 aromatic carbocycles. The molecule has 4 amide bonds. The largest absolute Gasteiger partial charge is 0.481 e. The zero-order valence-electron chi connectivity index (χ0n) is 32.3. The van der Waals surface area contributed by atoms with E-state index in [4.69, 9.17) is 15.2 Å². The second-order valence-electron chi connectivity index (χ2n) is 14.4. The predicted octanol–water partition coefficient (Wildman–Crippen LogP) is 3.82. The number of hydrogen-bond donors (Lipinski definition) is 4. The molecular formula is C41H54N4O11. The van der Waals surface area contributed by atoms with Crippen LogP contribution in [0.3, 0.4) is 0 Å². The first-order valence-corrected chi connectivity index (χ1v) is 19.0. The summed E-state index contributed by atoms with van der Waals surface area (Å²) in [4.78, 5) is 105. The molecule has 2 unspecified atom stereocenters. The molecule has 1 heterocycles. The van der Waals surface area contributed by atoms with Crippen molar-refractivity contribution in [1.29, 1.82) is 0 Å². The molecule has 0 aromatic heterocycles. The van der Waals surface area contributed by atoms with E-state index < -0.39 is 90.1 Å². The van der Waals surface area contributed by atoms with Gasteiger partial charge in [0.2, 0.25) is 23.5 Å². The molecule has 2 aromatic rings. The molecule has 0 radical (unpaired) electrons. The van der Waals surface area contributed by atoms with Crippen molar-refractivity contribution in [2.75, 3.05) is 13.2 Å². The van der Waals surface area contributed by atoms with Crippen LogP contribution in [-0.4, -0.2) is 88.5 Å². The molecule has 15 heteroatoms. The number of ether oxygens (including phenoxy) is 2. The summed E-state index contributed by atoms with van der Waals surface area (Å²) < 4.78 is 11.4. The molecule has 304 valence electrons. The molecule has 1 saturated heterocycles. The Kier molecular flexibility index (Phi) is 18.3. The normalized spacial score (nSPS) is 16.7. The number of nitrogens with two attached hydrogens (primary N) is 1. The fourth-order valence-electron chi connectivity index (χ4n) is 6.43. The van der Waals surface area contributed by atoms with Gasteiger partial charge in [-0.1, -0.05) is 87.9 Å². The summed E-state index contributed by atoms with van der Waals surface area (Å²) in [5, 5.41) is 14.3. The number of alkyl carbamates (subject to hydrolysis) is 1. The van der Waals surface area contributed by atoms with E-state index in [1.165, 1.54) is 4.90 Å². The second kappa shape index (κ2) is 22.8. The van der Waals surface area contributed by atoms with Crippen molar-refractivity contribution in [1.82, 2.24) is 15.5 Å². The summed E-state index contributed by atoms with van der Waals surface area (Å²) in [5.41, 5.74) is 6.80. The van der Waals surface area contributed by atoms with Crippen molar-refractivity contribution in [3.05, 3.63) is 71.8 Å². The molecule has 1 aliphatic rings. The van der Waals surface area contributed by atoms with E-state index in [0.29, 0.717) is 12.0 Å². The minimum Gasteiger partial charge on any atom is -0.481 e. The third kappa shape index (κ3) is 14.7. The summed E-state index contributed by atoms with van der Waals surface area (Å²) in [6.45, 7) is 5.73. The number of primary amides is 1. The van der Waals surface area contributed by atoms with E-state index in [0.717, 1.165) is 5.56 Å². The Balaban J connectivity index is 1.76. The standard InChI is InChI=1S/C41H54N4O11/c1-4-12-29(38(51)33(46)19-20-35(48)44-37(39(42)52)28-15-9-6-10-16-28)21-34(47)32-22-30(55-25-27-13-7-5-8-14-27)23-45(32)40(53)31(17-11-18-36(49)50)43-41(54)56-24-26(2)3/h5-10,13-16,26,29-32,37H,4,11-12,17-25H2,1-3H3,(H2,42,52)(H,43,54)(H,44,48)(H,49,50)/t29?,30-,31+,32+,37?/m1/s1. The molecule has 0 aliphatic carbocycles. The Hall–Kier alpha value is -5.44. The van der Waals surface area contributed by atoms with Crippen molar-refractivity contribution in [3.63, 3.8) is 0 Å². The van der Waals surface area contributed by atoms with Crippen molar-refractivity contribution < 1.29 is 52.9 Å². The highest BCUT2D eigenvalue weighted by Crippen LogP contribution is 2.28. The van der Waals surface area contributed by atoms with Crippen LogP contribution in [0.5, 0.6) is 0 Å². The highest BCUT2D eigenvalue weighted by atomic mass is 16.5. The van der Waals surface area contributed by atoms with Crippen LogP contribution in [0.1, 0.15) is 95.7 Å². The minimum atomic E-state index is -1.21. The number of benzene rings is 2. The smallest absolute Gasteiger partial charge is 0.407 e. The predicted molar refractivity (Wildman–Crippen MR) is 204 cm³/mol. The SMILES string of the molecule is CCCC(CC(=O)[C@@H]1C[C@@H](OCc2ccccc2)CN1C(=O)[C@H](CCCC(=O)O)NC(=O)OCC(C)C)C(=O)C(=O)CCC(=O)NC(C(N)=O)c1ccccc1. The Labute approximate surface area is 327 Å². The van der Waals surface area contributed by atoms with Crippen LogP contribution in [0.25, 0.3) is 0 Å². The number of rotatable bonds is 24. The van der Waals surface area contributed by atoms with E-state index in [1.54, 1.807) is 37.3 Å². The molecule has 0 bridgehead atoms. The van der Waals surface area contributed by atoms with E-state index in [-0.39, 0.29) is 64.2 Å². The lowest BCUT2D eigenvalue weighted by Crippen LogP contribution is -2.52. The lowest BCUT2D eigenvalue weighted by Gasteiger charge is -2.29. The first-order chi connectivity index (χ1) is 26.7. The average molecular weight is 779 g/mol. The van der Waals surface area contributed by atoms with E-state index >= 15 is 0 Å². The summed E-state index contributed by atoms with van der Waals surface area (Å²) in [5.74, 6) is -6.34. The number of Topliss-reactive ketones (excluding diaryl/α,β-unsaturated/α-hetero) is 3. The Morgan fingerprint density at radius 2 is 1.55 bits per heavy atom. The van der Waals surface area contributed by atoms with Crippen molar-refractivity contribution in [2.24, 2.45) is 17.6 Å². The van der Waals surface area contributed by atoms with Gasteiger partial charge in [-0.15, -0.1) is 0 Å². The van der Waals surface area contributed by atoms with Gasteiger partial charge in [-0.05, 0) is 36.3 Å². The lowest BCUT2D eigenvalue weighted by atomic mass is 9.87. The van der Waals surface area contributed by atoms with Gasteiger partial charge >= 0.3 is 12.1 Å². The molecule has 15 nitrogen and oxygen atoms in total. The zero-order valence-corrected chi connectivity index (χ0v) is 32.3. The number of hydrogen-bond acceptors (Lipinski definition) is 10. The topological polar surface area (TPSA) is 229 Å². The Morgan fingerprint density at radius 3 is 2.16 bits per heavy atom. The van der Waals surface area contributed by atoms with Crippen LogP contribution in [0.2, 0.25) is 0 Å². The number of ketones is 3. The van der Waals surface area contributed by atoms with Crippen molar-refractivity contribution in [2.45, 2.75) is 109 Å². The van der Waals surface area contributed by atoms with Crippen molar-refractivity contribution in [3.8, 4) is 0 Å². The first kappa shape index (κ1) is 45.0. The molecule has 5 N–H and O–H groups in total. The van der Waals surface area contributed by atoms with Crippen LogP contribution < -0.4 is 16.4 Å². The van der Waals surface area contributed by atoms with Gasteiger partial charge in [-0.3, -0.25) is 33.6 Å². The number of nitrogens with one attached hydrogen (secondary N) is 2. The van der Waals surface area contributed by atoms with Crippen LogP contribution >= 0.6 is 0 Å². The summed E-state index contributed by atoms with van der Waals surface area (Å²) in [6, 6.07) is 14.2. The van der Waals surface area contributed by atoms with Crippen LogP contribution in [0.4, 0.5) is 4.79 Å².